The molecular formula is C21H25N3O3S. The minimum absolute atomic E-state index is 0.565. The van der Waals surface area contributed by atoms with Crippen molar-refractivity contribution >= 4 is 27.4 Å². The smallest absolute Gasteiger partial charge is 0.150 e. The van der Waals surface area contributed by atoms with Crippen molar-refractivity contribution in [2.75, 3.05) is 51.8 Å². The lowest BCUT2D eigenvalue weighted by atomic mass is 10.1. The van der Waals surface area contributed by atoms with Crippen LogP contribution in [0.5, 0.6) is 11.5 Å². The number of anilines is 1. The molecule has 1 aliphatic heterocycles. The van der Waals surface area contributed by atoms with Gasteiger partial charge in [-0.25, -0.2) is 0 Å². The fourth-order valence-corrected chi connectivity index (χ4v) is 4.48. The number of nitrogens with zero attached hydrogens (tertiary/aromatic N) is 3. The molecule has 28 heavy (non-hydrogen) atoms. The summed E-state index contributed by atoms with van der Waals surface area (Å²) in [5, 5.41) is 12.0. The summed E-state index contributed by atoms with van der Waals surface area (Å²) in [6, 6.07) is 13.9. The molecular weight excluding hydrogens is 374 g/mol. The summed E-state index contributed by atoms with van der Waals surface area (Å²) in [6.07, 6.45) is -0.628. The van der Waals surface area contributed by atoms with Crippen molar-refractivity contribution in [3.63, 3.8) is 0 Å². The Hall–Kier alpha value is -2.35. The molecule has 6 nitrogen and oxygen atoms in total. The largest absolute Gasteiger partial charge is 0.497 e. The van der Waals surface area contributed by atoms with Gasteiger partial charge in [0.25, 0.3) is 0 Å². The summed E-state index contributed by atoms with van der Waals surface area (Å²) in [4.78, 5) is 4.63. The predicted molar refractivity (Wildman–Crippen MR) is 113 cm³/mol. The van der Waals surface area contributed by atoms with Crippen molar-refractivity contribution in [2.24, 2.45) is 0 Å². The van der Waals surface area contributed by atoms with Crippen molar-refractivity contribution < 1.29 is 14.6 Å². The minimum atomic E-state index is -0.628. The highest BCUT2D eigenvalue weighted by molar-refractivity contribution is 7.13. The van der Waals surface area contributed by atoms with Gasteiger partial charge < -0.3 is 19.5 Å². The Morgan fingerprint density at radius 1 is 1.07 bits per heavy atom. The summed E-state index contributed by atoms with van der Waals surface area (Å²) in [5.41, 5.74) is 0.759. The third-order valence-corrected chi connectivity index (χ3v) is 6.07. The fourth-order valence-electron chi connectivity index (χ4n) is 3.69. The Bertz CT molecular complexity index is 938. The van der Waals surface area contributed by atoms with Crippen LogP contribution >= 0.6 is 11.5 Å². The maximum Gasteiger partial charge on any atom is 0.150 e. The van der Waals surface area contributed by atoms with Crippen LogP contribution in [0.15, 0.2) is 42.5 Å². The maximum atomic E-state index is 10.8. The molecule has 3 aromatic rings. The van der Waals surface area contributed by atoms with Gasteiger partial charge in [0.1, 0.15) is 17.3 Å². The summed E-state index contributed by atoms with van der Waals surface area (Å²) in [7, 11) is 3.24. The number of piperazine rings is 1. The molecule has 2 aromatic carbocycles. The molecule has 0 unspecified atom stereocenters. The highest BCUT2D eigenvalue weighted by atomic mass is 32.1. The summed E-state index contributed by atoms with van der Waals surface area (Å²) >= 11 is 1.55. The van der Waals surface area contributed by atoms with Crippen LogP contribution in [-0.4, -0.2) is 61.3 Å². The molecule has 0 saturated carbocycles. The number of β-amino-alcohol motifs (C(OH)–C–C–N with tert-alkyl or cyclic N) is 1. The summed E-state index contributed by atoms with van der Waals surface area (Å²) in [6.45, 7) is 4.13. The first kappa shape index (κ1) is 19.0. The lowest BCUT2D eigenvalue weighted by Crippen LogP contribution is -2.47. The van der Waals surface area contributed by atoms with Gasteiger partial charge in [0.05, 0.1) is 25.0 Å². The van der Waals surface area contributed by atoms with Crippen molar-refractivity contribution in [3.8, 4) is 11.5 Å². The van der Waals surface area contributed by atoms with Gasteiger partial charge in [0.15, 0.2) is 0 Å². The molecule has 1 N–H and O–H groups in total. The molecule has 2 heterocycles. The second-order valence-corrected chi connectivity index (χ2v) is 7.72. The third-order valence-electron chi connectivity index (χ3n) is 5.26. The predicted octanol–water partition coefficient (Wildman–Crippen LogP) is 3.17. The van der Waals surface area contributed by atoms with Crippen LogP contribution in [0.2, 0.25) is 0 Å². The molecule has 0 spiro atoms. The number of rotatable bonds is 6. The SMILES string of the molecule is COc1ccc(OC)c([C@H](O)CN2CCN(c3nsc4ccccc34)CC2)c1. The Balaban J connectivity index is 1.40. The third kappa shape index (κ3) is 3.78. The normalized spacial score (nSPS) is 16.3. The van der Waals surface area contributed by atoms with Crippen LogP contribution < -0.4 is 14.4 Å². The quantitative estimate of drug-likeness (QED) is 0.687. The molecule has 1 atom stereocenters. The minimum Gasteiger partial charge on any atom is -0.497 e. The number of hydrogen-bond acceptors (Lipinski definition) is 7. The highest BCUT2D eigenvalue weighted by Crippen LogP contribution is 2.32. The first-order valence-electron chi connectivity index (χ1n) is 9.41. The van der Waals surface area contributed by atoms with Crippen molar-refractivity contribution in [1.29, 1.82) is 0 Å². The van der Waals surface area contributed by atoms with E-state index in [9.17, 15) is 5.11 Å². The average molecular weight is 400 g/mol. The van der Waals surface area contributed by atoms with E-state index in [2.05, 4.69) is 38.4 Å². The van der Waals surface area contributed by atoms with Gasteiger partial charge >= 0.3 is 0 Å². The van der Waals surface area contributed by atoms with Crippen molar-refractivity contribution in [1.82, 2.24) is 9.27 Å². The number of fused-ring (bicyclic) bond motifs is 1. The van der Waals surface area contributed by atoms with Crippen LogP contribution in [-0.2, 0) is 0 Å². The molecule has 0 bridgehead atoms. The van der Waals surface area contributed by atoms with Gasteiger partial charge in [-0.2, -0.15) is 4.37 Å². The van der Waals surface area contributed by atoms with Crippen LogP contribution in [0.3, 0.4) is 0 Å². The Morgan fingerprint density at radius 3 is 2.61 bits per heavy atom. The van der Waals surface area contributed by atoms with Crippen LogP contribution in [0, 0.1) is 0 Å². The lowest BCUT2D eigenvalue weighted by molar-refractivity contribution is 0.107. The monoisotopic (exact) mass is 399 g/mol. The van der Waals surface area contributed by atoms with Gasteiger partial charge in [0, 0.05) is 43.7 Å². The number of aliphatic hydroxyl groups excluding tert-OH is 1. The van der Waals surface area contributed by atoms with Gasteiger partial charge in [-0.1, -0.05) is 12.1 Å². The molecule has 4 rings (SSSR count). The molecule has 1 aromatic heterocycles. The topological polar surface area (TPSA) is 58.1 Å². The van der Waals surface area contributed by atoms with Crippen molar-refractivity contribution in [3.05, 3.63) is 48.0 Å². The van der Waals surface area contributed by atoms with E-state index in [4.69, 9.17) is 9.47 Å². The van der Waals surface area contributed by atoms with E-state index in [1.165, 1.54) is 10.1 Å². The number of methoxy groups -OCH3 is 2. The van der Waals surface area contributed by atoms with E-state index in [1.54, 1.807) is 25.8 Å². The zero-order valence-electron chi connectivity index (χ0n) is 16.2. The van der Waals surface area contributed by atoms with Gasteiger partial charge in [-0.3, -0.25) is 4.90 Å². The molecule has 0 radical (unpaired) electrons. The van der Waals surface area contributed by atoms with Crippen molar-refractivity contribution in [2.45, 2.75) is 6.10 Å². The summed E-state index contributed by atoms with van der Waals surface area (Å²) < 4.78 is 16.6. The van der Waals surface area contributed by atoms with Crippen LogP contribution in [0.4, 0.5) is 5.82 Å². The Morgan fingerprint density at radius 2 is 1.86 bits per heavy atom. The molecule has 1 aliphatic rings. The Labute approximate surface area is 169 Å². The molecule has 7 heteroatoms. The standard InChI is InChI=1S/C21H25N3O3S/c1-26-15-7-8-19(27-2)17(13-15)18(25)14-23-9-11-24(12-10-23)21-16-5-3-4-6-20(16)28-22-21/h3-8,13,18,25H,9-12,14H2,1-2H3/t18-/m1/s1. The molecule has 0 amide bonds. The number of aliphatic hydroxyl groups is 1. The average Bonchev–Trinajstić information content (AvgIpc) is 3.18. The van der Waals surface area contributed by atoms with Crippen LogP contribution in [0.25, 0.3) is 10.1 Å². The van der Waals surface area contributed by atoms with E-state index in [0.29, 0.717) is 12.3 Å². The Kier molecular flexibility index (Phi) is 5.66. The van der Waals surface area contributed by atoms with Gasteiger partial charge in [0.2, 0.25) is 0 Å². The van der Waals surface area contributed by atoms with E-state index in [-0.39, 0.29) is 0 Å². The number of hydrogen-bond donors (Lipinski definition) is 1. The second-order valence-electron chi connectivity index (χ2n) is 6.91. The summed E-state index contributed by atoms with van der Waals surface area (Å²) in [5.74, 6) is 2.48. The molecule has 1 fully saturated rings. The fraction of sp³-hybridized carbons (Fsp3) is 0.381. The first-order chi connectivity index (χ1) is 13.7. The molecule has 148 valence electrons. The zero-order valence-corrected chi connectivity index (χ0v) is 17.0. The van der Waals surface area contributed by atoms with E-state index >= 15 is 0 Å². The van der Waals surface area contributed by atoms with E-state index in [0.717, 1.165) is 43.3 Å². The van der Waals surface area contributed by atoms with Gasteiger partial charge in [-0.05, 0) is 41.9 Å². The molecule has 1 saturated heterocycles. The van der Waals surface area contributed by atoms with Crippen LogP contribution in [0.1, 0.15) is 11.7 Å². The number of benzene rings is 2. The maximum absolute atomic E-state index is 10.8. The van der Waals surface area contributed by atoms with E-state index < -0.39 is 6.10 Å². The highest BCUT2D eigenvalue weighted by Gasteiger charge is 2.24. The zero-order chi connectivity index (χ0) is 19.5. The molecule has 0 aliphatic carbocycles. The second kappa shape index (κ2) is 8.34. The van der Waals surface area contributed by atoms with E-state index in [1.807, 2.05) is 18.2 Å². The van der Waals surface area contributed by atoms with Gasteiger partial charge in [-0.15, -0.1) is 0 Å². The lowest BCUT2D eigenvalue weighted by Gasteiger charge is -2.36. The first-order valence-corrected chi connectivity index (χ1v) is 10.2. The number of aromatic nitrogens is 1. The number of ether oxygens (including phenoxy) is 2.